The number of hydrogen-bond donors (Lipinski definition) is 2. The van der Waals surface area contributed by atoms with E-state index in [1.54, 1.807) is 30.3 Å². The van der Waals surface area contributed by atoms with Gasteiger partial charge in [-0.1, -0.05) is 18.2 Å². The lowest BCUT2D eigenvalue weighted by Crippen LogP contribution is -2.35. The third kappa shape index (κ3) is 3.81. The van der Waals surface area contributed by atoms with Crippen LogP contribution in [0.25, 0.3) is 0 Å². The predicted molar refractivity (Wildman–Crippen MR) is 127 cm³/mol. The Morgan fingerprint density at radius 2 is 1.85 bits per heavy atom. The van der Waals surface area contributed by atoms with Gasteiger partial charge in [-0.2, -0.15) is 0 Å². The molecular weight excluding hydrogens is 457 g/mol. The average molecular weight is 480 g/mol. The van der Waals surface area contributed by atoms with E-state index in [0.717, 1.165) is 23.3 Å². The summed E-state index contributed by atoms with van der Waals surface area (Å²) in [5.41, 5.74) is 3.10. The first-order chi connectivity index (χ1) is 16.2. The minimum Gasteiger partial charge on any atom is -0.326 e. The highest BCUT2D eigenvalue weighted by Crippen LogP contribution is 2.37. The number of aryl methyl sites for hydroxylation is 1. The second-order valence-corrected chi connectivity index (χ2v) is 10.3. The van der Waals surface area contributed by atoms with Crippen molar-refractivity contribution in [2.24, 2.45) is 0 Å². The summed E-state index contributed by atoms with van der Waals surface area (Å²) in [5.74, 6) is -1.65. The third-order valence-electron chi connectivity index (χ3n) is 6.14. The summed E-state index contributed by atoms with van der Waals surface area (Å²) in [7, 11) is -4.02. The molecule has 3 aromatic carbocycles. The highest BCUT2D eigenvalue weighted by atomic mass is 32.2. The van der Waals surface area contributed by atoms with Crippen LogP contribution in [-0.2, 0) is 27.7 Å². The number of carbonyl (C=O) groups is 2. The maximum atomic E-state index is 14.6. The zero-order valence-electron chi connectivity index (χ0n) is 18.3. The van der Waals surface area contributed by atoms with E-state index >= 15 is 0 Å². The van der Waals surface area contributed by atoms with Gasteiger partial charge in [-0.05, 0) is 73.4 Å². The maximum Gasteiger partial charge on any atom is 0.264 e. The molecule has 9 heteroatoms. The van der Waals surface area contributed by atoms with Crippen LogP contribution in [0.15, 0.2) is 65.6 Å². The standard InChI is InChI=1S/C25H22FN3O4S/c1-15-12-17-4-2-3-5-23(17)29(15)34(32,33)19-8-9-21(26)20(14-19)25(31)27-18-7-10-22-16(13-18)6-11-24(30)28-22/h2-5,7-10,13-15H,6,11-12H2,1H3,(H,27,31)(H,28,30). The van der Waals surface area contributed by atoms with Crippen molar-refractivity contribution in [1.82, 2.24) is 0 Å². The Balaban J connectivity index is 1.44. The minimum absolute atomic E-state index is 0.0701. The lowest BCUT2D eigenvalue weighted by molar-refractivity contribution is -0.116. The van der Waals surface area contributed by atoms with Gasteiger partial charge in [0.2, 0.25) is 5.91 Å². The monoisotopic (exact) mass is 479 g/mol. The van der Waals surface area contributed by atoms with Crippen molar-refractivity contribution in [1.29, 1.82) is 0 Å². The van der Waals surface area contributed by atoms with Crippen LogP contribution in [-0.4, -0.2) is 26.3 Å². The fourth-order valence-electron chi connectivity index (χ4n) is 4.52. The molecule has 34 heavy (non-hydrogen) atoms. The Bertz CT molecular complexity index is 1440. The molecule has 5 rings (SSSR count). The molecule has 2 aliphatic heterocycles. The molecule has 7 nitrogen and oxygen atoms in total. The number of halogens is 1. The number of anilines is 3. The number of carbonyl (C=O) groups excluding carboxylic acids is 2. The van der Waals surface area contributed by atoms with Crippen LogP contribution in [0.1, 0.15) is 34.8 Å². The van der Waals surface area contributed by atoms with Crippen LogP contribution in [0.3, 0.4) is 0 Å². The molecule has 1 atom stereocenters. The molecule has 2 N–H and O–H groups in total. The Hall–Kier alpha value is -3.72. The van der Waals surface area contributed by atoms with Crippen molar-refractivity contribution in [3.63, 3.8) is 0 Å². The smallest absolute Gasteiger partial charge is 0.264 e. The van der Waals surface area contributed by atoms with E-state index in [4.69, 9.17) is 0 Å². The first-order valence-corrected chi connectivity index (χ1v) is 12.3. The SMILES string of the molecule is CC1Cc2ccccc2N1S(=O)(=O)c1ccc(F)c(C(=O)Nc2ccc3c(c2)CCC(=O)N3)c1. The summed E-state index contributed by atoms with van der Waals surface area (Å²) in [6, 6.07) is 15.2. The van der Waals surface area contributed by atoms with E-state index in [0.29, 0.717) is 36.3 Å². The van der Waals surface area contributed by atoms with Crippen molar-refractivity contribution in [2.45, 2.75) is 37.1 Å². The summed E-state index contributed by atoms with van der Waals surface area (Å²) in [6.07, 6.45) is 1.45. The van der Waals surface area contributed by atoms with Crippen molar-refractivity contribution in [3.05, 3.63) is 83.2 Å². The van der Waals surface area contributed by atoms with E-state index in [2.05, 4.69) is 10.6 Å². The van der Waals surface area contributed by atoms with Gasteiger partial charge in [-0.3, -0.25) is 13.9 Å². The first-order valence-electron chi connectivity index (χ1n) is 10.9. The molecule has 0 aromatic heterocycles. The van der Waals surface area contributed by atoms with Gasteiger partial charge in [0.15, 0.2) is 0 Å². The zero-order chi connectivity index (χ0) is 24.0. The van der Waals surface area contributed by atoms with E-state index in [9.17, 15) is 22.4 Å². The number of hydrogen-bond acceptors (Lipinski definition) is 4. The van der Waals surface area contributed by atoms with E-state index in [1.165, 1.54) is 10.4 Å². The van der Waals surface area contributed by atoms with Gasteiger partial charge in [-0.25, -0.2) is 12.8 Å². The lowest BCUT2D eigenvalue weighted by Gasteiger charge is -2.24. The first kappa shape index (κ1) is 22.1. The average Bonchev–Trinajstić information content (AvgIpc) is 3.15. The van der Waals surface area contributed by atoms with Gasteiger partial charge in [0.05, 0.1) is 16.1 Å². The van der Waals surface area contributed by atoms with Crippen molar-refractivity contribution in [3.8, 4) is 0 Å². The van der Waals surface area contributed by atoms with Crippen LogP contribution >= 0.6 is 0 Å². The Kier molecular flexibility index (Phi) is 5.36. The van der Waals surface area contributed by atoms with Gasteiger partial charge < -0.3 is 10.6 Å². The van der Waals surface area contributed by atoms with Gasteiger partial charge in [-0.15, -0.1) is 0 Å². The van der Waals surface area contributed by atoms with E-state index < -0.39 is 21.7 Å². The minimum atomic E-state index is -4.02. The summed E-state index contributed by atoms with van der Waals surface area (Å²) in [4.78, 5) is 24.3. The fraction of sp³-hybridized carbons (Fsp3) is 0.200. The fourth-order valence-corrected chi connectivity index (χ4v) is 6.23. The molecule has 174 valence electrons. The number of nitrogens with zero attached hydrogens (tertiary/aromatic N) is 1. The summed E-state index contributed by atoms with van der Waals surface area (Å²) in [6.45, 7) is 1.81. The summed E-state index contributed by atoms with van der Waals surface area (Å²) in [5, 5.41) is 5.39. The number of amides is 2. The van der Waals surface area contributed by atoms with E-state index in [-0.39, 0.29) is 22.4 Å². The normalized spacial score (nSPS) is 17.1. The van der Waals surface area contributed by atoms with E-state index in [1.807, 2.05) is 19.1 Å². The third-order valence-corrected chi connectivity index (χ3v) is 8.07. The van der Waals surface area contributed by atoms with Gasteiger partial charge >= 0.3 is 0 Å². The van der Waals surface area contributed by atoms with Crippen LogP contribution in [0.4, 0.5) is 21.5 Å². The van der Waals surface area contributed by atoms with Gasteiger partial charge in [0.25, 0.3) is 15.9 Å². The number of sulfonamides is 1. The second kappa shape index (κ2) is 8.25. The van der Waals surface area contributed by atoms with Crippen molar-refractivity contribution < 1.29 is 22.4 Å². The molecule has 2 amide bonds. The van der Waals surface area contributed by atoms with Gasteiger partial charge in [0.1, 0.15) is 5.82 Å². The molecule has 2 heterocycles. The number of benzene rings is 3. The van der Waals surface area contributed by atoms with Gasteiger partial charge in [0, 0.05) is 23.8 Å². The summed E-state index contributed by atoms with van der Waals surface area (Å²) < 4.78 is 42.9. The van der Waals surface area contributed by atoms with Crippen LogP contribution in [0.2, 0.25) is 0 Å². The Morgan fingerprint density at radius 1 is 1.06 bits per heavy atom. The second-order valence-electron chi connectivity index (χ2n) is 8.50. The highest BCUT2D eigenvalue weighted by molar-refractivity contribution is 7.92. The number of para-hydroxylation sites is 1. The summed E-state index contributed by atoms with van der Waals surface area (Å²) >= 11 is 0. The van der Waals surface area contributed by atoms with Crippen molar-refractivity contribution >= 4 is 38.9 Å². The van der Waals surface area contributed by atoms with Crippen LogP contribution in [0.5, 0.6) is 0 Å². The van der Waals surface area contributed by atoms with Crippen LogP contribution in [0, 0.1) is 5.82 Å². The maximum absolute atomic E-state index is 14.6. The number of rotatable bonds is 4. The molecule has 0 aliphatic carbocycles. The number of nitrogens with one attached hydrogen (secondary N) is 2. The lowest BCUT2D eigenvalue weighted by atomic mass is 10.0. The largest absolute Gasteiger partial charge is 0.326 e. The molecule has 2 aliphatic rings. The van der Waals surface area contributed by atoms with Crippen LogP contribution < -0.4 is 14.9 Å². The Labute approximate surface area is 196 Å². The molecular formula is C25H22FN3O4S. The highest BCUT2D eigenvalue weighted by Gasteiger charge is 2.36. The predicted octanol–water partition coefficient (Wildman–Crippen LogP) is 4.10. The topological polar surface area (TPSA) is 95.6 Å². The molecule has 0 spiro atoms. The van der Waals surface area contributed by atoms with Crippen molar-refractivity contribution in [2.75, 3.05) is 14.9 Å². The zero-order valence-corrected chi connectivity index (χ0v) is 19.2. The quantitative estimate of drug-likeness (QED) is 0.589. The molecule has 0 bridgehead atoms. The molecule has 3 aromatic rings. The molecule has 1 unspecified atom stereocenters. The molecule has 0 radical (unpaired) electrons. The number of fused-ring (bicyclic) bond motifs is 2. The molecule has 0 fully saturated rings. The molecule has 0 saturated carbocycles. The molecule has 0 saturated heterocycles. The Morgan fingerprint density at radius 3 is 2.68 bits per heavy atom.